The van der Waals surface area contributed by atoms with E-state index in [4.69, 9.17) is 0 Å². The van der Waals surface area contributed by atoms with Crippen molar-refractivity contribution < 1.29 is 0 Å². The van der Waals surface area contributed by atoms with E-state index in [-0.39, 0.29) is 0 Å². The number of nitrogens with one attached hydrogen (secondary N) is 1. The highest BCUT2D eigenvalue weighted by Gasteiger charge is 2.31. The second-order valence-corrected chi connectivity index (χ2v) is 6.23. The average molecular weight is 239 g/mol. The molecule has 0 radical (unpaired) electrons. The lowest BCUT2D eigenvalue weighted by molar-refractivity contribution is 0.102. The number of nitrogens with zero attached hydrogens (tertiary/aromatic N) is 2. The van der Waals surface area contributed by atoms with Crippen molar-refractivity contribution >= 4 is 0 Å². The Morgan fingerprint density at radius 1 is 1.06 bits per heavy atom. The van der Waals surface area contributed by atoms with Crippen LogP contribution in [0.25, 0.3) is 0 Å². The van der Waals surface area contributed by atoms with Crippen molar-refractivity contribution in [2.45, 2.75) is 50.6 Å². The first-order valence-electron chi connectivity index (χ1n) is 7.24. The summed E-state index contributed by atoms with van der Waals surface area (Å²) in [6, 6.07) is 0.848. The largest absolute Gasteiger partial charge is 0.314 e. The molecule has 2 rings (SSSR count). The van der Waals surface area contributed by atoms with Crippen molar-refractivity contribution in [3.63, 3.8) is 0 Å². The zero-order chi connectivity index (χ0) is 12.3. The van der Waals surface area contributed by atoms with Crippen LogP contribution in [0, 0.1) is 0 Å². The molecule has 0 aromatic carbocycles. The molecule has 2 heterocycles. The molecule has 0 spiro atoms. The smallest absolute Gasteiger partial charge is 0.0174 e. The average Bonchev–Trinajstić information content (AvgIpc) is 2.55. The SMILES string of the molecule is CNC1(C)CCN(C2CCCN(C)CC2)CC1. The van der Waals surface area contributed by atoms with Crippen LogP contribution in [0.2, 0.25) is 0 Å². The fourth-order valence-electron chi connectivity index (χ4n) is 3.22. The molecule has 2 saturated heterocycles. The molecule has 100 valence electrons. The first-order valence-corrected chi connectivity index (χ1v) is 7.24. The summed E-state index contributed by atoms with van der Waals surface area (Å²) >= 11 is 0. The first kappa shape index (κ1) is 13.3. The van der Waals surface area contributed by atoms with Gasteiger partial charge in [0.25, 0.3) is 0 Å². The van der Waals surface area contributed by atoms with Crippen LogP contribution in [0.5, 0.6) is 0 Å². The van der Waals surface area contributed by atoms with Gasteiger partial charge in [0.05, 0.1) is 0 Å². The summed E-state index contributed by atoms with van der Waals surface area (Å²) < 4.78 is 0. The molecule has 0 aromatic heterocycles. The van der Waals surface area contributed by atoms with Gasteiger partial charge in [0.1, 0.15) is 0 Å². The number of piperidine rings is 1. The van der Waals surface area contributed by atoms with Gasteiger partial charge in [0.2, 0.25) is 0 Å². The van der Waals surface area contributed by atoms with Gasteiger partial charge in [-0.25, -0.2) is 0 Å². The van der Waals surface area contributed by atoms with Crippen LogP contribution < -0.4 is 5.32 Å². The van der Waals surface area contributed by atoms with Crippen LogP contribution >= 0.6 is 0 Å². The van der Waals surface area contributed by atoms with Gasteiger partial charge in [-0.2, -0.15) is 0 Å². The number of likely N-dealkylation sites (tertiary alicyclic amines) is 2. The molecule has 0 amide bonds. The normalized spacial score (nSPS) is 32.3. The monoisotopic (exact) mass is 239 g/mol. The van der Waals surface area contributed by atoms with Gasteiger partial charge < -0.3 is 15.1 Å². The topological polar surface area (TPSA) is 18.5 Å². The summed E-state index contributed by atoms with van der Waals surface area (Å²) in [7, 11) is 4.37. The summed E-state index contributed by atoms with van der Waals surface area (Å²) in [5, 5.41) is 3.49. The molecule has 0 bridgehead atoms. The molecule has 1 N–H and O–H groups in total. The van der Waals surface area contributed by atoms with Crippen molar-refractivity contribution in [3.8, 4) is 0 Å². The van der Waals surface area contributed by atoms with Gasteiger partial charge in [-0.3, -0.25) is 0 Å². The Balaban J connectivity index is 1.83. The molecule has 17 heavy (non-hydrogen) atoms. The lowest BCUT2D eigenvalue weighted by Crippen LogP contribution is -2.52. The predicted molar refractivity (Wildman–Crippen MR) is 73.4 cm³/mol. The maximum Gasteiger partial charge on any atom is 0.0174 e. The highest BCUT2D eigenvalue weighted by Crippen LogP contribution is 2.25. The zero-order valence-corrected chi connectivity index (χ0v) is 11.8. The third-order valence-corrected chi connectivity index (χ3v) is 4.94. The van der Waals surface area contributed by atoms with Crippen molar-refractivity contribution in [3.05, 3.63) is 0 Å². The minimum atomic E-state index is 0.387. The second-order valence-electron chi connectivity index (χ2n) is 6.23. The van der Waals surface area contributed by atoms with Gasteiger partial charge in [-0.15, -0.1) is 0 Å². The highest BCUT2D eigenvalue weighted by molar-refractivity contribution is 4.90. The molecule has 0 aliphatic carbocycles. The quantitative estimate of drug-likeness (QED) is 0.789. The van der Waals surface area contributed by atoms with Crippen molar-refractivity contribution in [2.24, 2.45) is 0 Å². The van der Waals surface area contributed by atoms with E-state index in [1.807, 2.05) is 0 Å². The van der Waals surface area contributed by atoms with Crippen LogP contribution in [0.4, 0.5) is 0 Å². The van der Waals surface area contributed by atoms with Gasteiger partial charge in [0.15, 0.2) is 0 Å². The number of hydrogen-bond acceptors (Lipinski definition) is 3. The molecular weight excluding hydrogens is 210 g/mol. The van der Waals surface area contributed by atoms with Crippen LogP contribution in [0.3, 0.4) is 0 Å². The summed E-state index contributed by atoms with van der Waals surface area (Å²) in [5.74, 6) is 0. The maximum atomic E-state index is 3.49. The standard InChI is InChI=1S/C14H29N3/c1-14(15-2)7-11-17(12-8-14)13-5-4-9-16(3)10-6-13/h13,15H,4-12H2,1-3H3. The van der Waals surface area contributed by atoms with E-state index >= 15 is 0 Å². The lowest BCUT2D eigenvalue weighted by atomic mass is 9.88. The van der Waals surface area contributed by atoms with Crippen molar-refractivity contribution in [2.75, 3.05) is 40.3 Å². The molecular formula is C14H29N3. The van der Waals surface area contributed by atoms with Crippen LogP contribution in [-0.4, -0.2) is 61.7 Å². The van der Waals surface area contributed by atoms with Crippen molar-refractivity contribution in [1.29, 1.82) is 0 Å². The molecule has 2 aliphatic heterocycles. The summed E-state index contributed by atoms with van der Waals surface area (Å²) in [6.07, 6.45) is 6.75. The Labute approximate surface area is 107 Å². The molecule has 0 saturated carbocycles. The Hall–Kier alpha value is -0.120. The zero-order valence-electron chi connectivity index (χ0n) is 11.8. The van der Waals surface area contributed by atoms with Crippen LogP contribution in [0.15, 0.2) is 0 Å². The van der Waals surface area contributed by atoms with Gasteiger partial charge >= 0.3 is 0 Å². The third-order valence-electron chi connectivity index (χ3n) is 4.94. The summed E-state index contributed by atoms with van der Waals surface area (Å²) in [4.78, 5) is 5.24. The van der Waals surface area contributed by atoms with E-state index in [1.54, 1.807) is 0 Å². The molecule has 1 atom stereocenters. The lowest BCUT2D eigenvalue weighted by Gasteiger charge is -2.42. The fraction of sp³-hybridized carbons (Fsp3) is 1.00. The number of hydrogen-bond donors (Lipinski definition) is 1. The van der Waals surface area contributed by atoms with Crippen LogP contribution in [0.1, 0.15) is 39.0 Å². The van der Waals surface area contributed by atoms with E-state index in [0.29, 0.717) is 5.54 Å². The summed E-state index contributed by atoms with van der Waals surface area (Å²) in [5.41, 5.74) is 0.387. The van der Waals surface area contributed by atoms with Gasteiger partial charge in [-0.1, -0.05) is 0 Å². The Morgan fingerprint density at radius 2 is 1.76 bits per heavy atom. The number of rotatable bonds is 2. The Morgan fingerprint density at radius 3 is 2.41 bits per heavy atom. The van der Waals surface area contributed by atoms with E-state index < -0.39 is 0 Å². The third kappa shape index (κ3) is 3.43. The van der Waals surface area contributed by atoms with Gasteiger partial charge in [0, 0.05) is 24.7 Å². The second kappa shape index (κ2) is 5.68. The van der Waals surface area contributed by atoms with E-state index in [0.717, 1.165) is 6.04 Å². The Bertz CT molecular complexity index is 234. The summed E-state index contributed by atoms with van der Waals surface area (Å²) in [6.45, 7) is 7.51. The van der Waals surface area contributed by atoms with Gasteiger partial charge in [-0.05, 0) is 66.2 Å². The molecule has 1 unspecified atom stereocenters. The molecule has 2 aliphatic rings. The maximum absolute atomic E-state index is 3.49. The minimum Gasteiger partial charge on any atom is -0.314 e. The highest BCUT2D eigenvalue weighted by atomic mass is 15.2. The van der Waals surface area contributed by atoms with E-state index in [2.05, 4.69) is 36.1 Å². The Kier molecular flexibility index (Phi) is 4.45. The van der Waals surface area contributed by atoms with Crippen molar-refractivity contribution in [1.82, 2.24) is 15.1 Å². The predicted octanol–water partition coefficient (Wildman–Crippen LogP) is 1.54. The molecule has 0 aromatic rings. The fourth-order valence-corrected chi connectivity index (χ4v) is 3.22. The van der Waals surface area contributed by atoms with Crippen LogP contribution in [-0.2, 0) is 0 Å². The molecule has 3 nitrogen and oxygen atoms in total. The van der Waals surface area contributed by atoms with E-state index in [9.17, 15) is 0 Å². The molecule has 3 heteroatoms. The first-order chi connectivity index (χ1) is 8.13. The van der Waals surface area contributed by atoms with E-state index in [1.165, 1.54) is 58.3 Å². The molecule has 2 fully saturated rings. The minimum absolute atomic E-state index is 0.387.